The van der Waals surface area contributed by atoms with Crippen LogP contribution in [0.25, 0.3) is 0 Å². The van der Waals surface area contributed by atoms with E-state index >= 15 is 0 Å². The molecular formula is C14H19NO2. The Morgan fingerprint density at radius 1 is 1.41 bits per heavy atom. The third-order valence-corrected chi connectivity index (χ3v) is 3.61. The van der Waals surface area contributed by atoms with Crippen LogP contribution >= 0.6 is 0 Å². The number of carbonyl (C=O) groups excluding carboxylic acids is 1. The lowest BCUT2D eigenvalue weighted by Gasteiger charge is -2.15. The largest absolute Gasteiger partial charge is 0.396 e. The first-order valence-electron chi connectivity index (χ1n) is 6.12. The highest BCUT2D eigenvalue weighted by atomic mass is 16.3. The van der Waals surface area contributed by atoms with Gasteiger partial charge >= 0.3 is 0 Å². The molecule has 1 saturated carbocycles. The quantitative estimate of drug-likeness (QED) is 0.816. The Balaban J connectivity index is 1.92. The molecule has 0 atom stereocenters. The minimum absolute atomic E-state index is 0.00712. The third-order valence-electron chi connectivity index (χ3n) is 3.61. The summed E-state index contributed by atoms with van der Waals surface area (Å²) in [5, 5.41) is 11.9. The Kier molecular flexibility index (Phi) is 3.48. The summed E-state index contributed by atoms with van der Waals surface area (Å²) in [6.07, 6.45) is 3.02. The average Bonchev–Trinajstić information content (AvgIpc) is 3.08. The van der Waals surface area contributed by atoms with Crippen molar-refractivity contribution in [3.05, 3.63) is 35.4 Å². The number of nitrogens with one attached hydrogen (secondary N) is 1. The Labute approximate surface area is 102 Å². The van der Waals surface area contributed by atoms with E-state index in [4.69, 9.17) is 5.11 Å². The molecule has 1 fully saturated rings. The zero-order chi connectivity index (χ0) is 12.3. The van der Waals surface area contributed by atoms with Crippen LogP contribution in [0.4, 0.5) is 0 Å². The summed E-state index contributed by atoms with van der Waals surface area (Å²) >= 11 is 0. The highest BCUT2D eigenvalue weighted by Crippen LogP contribution is 2.47. The Morgan fingerprint density at radius 3 is 2.71 bits per heavy atom. The summed E-state index contributed by atoms with van der Waals surface area (Å²) in [6.45, 7) is 2.83. The first kappa shape index (κ1) is 12.1. The average molecular weight is 233 g/mol. The molecule has 0 spiro atoms. The van der Waals surface area contributed by atoms with Crippen LogP contribution in [-0.2, 0) is 0 Å². The van der Waals surface area contributed by atoms with Crippen LogP contribution in [0.5, 0.6) is 0 Å². The van der Waals surface area contributed by atoms with Crippen molar-refractivity contribution in [2.45, 2.75) is 26.2 Å². The highest BCUT2D eigenvalue weighted by molar-refractivity contribution is 5.95. The molecule has 3 nitrogen and oxygen atoms in total. The van der Waals surface area contributed by atoms with E-state index < -0.39 is 0 Å². The van der Waals surface area contributed by atoms with Crippen molar-refractivity contribution in [1.82, 2.24) is 5.32 Å². The number of hydrogen-bond donors (Lipinski definition) is 2. The van der Waals surface area contributed by atoms with E-state index in [0.717, 1.165) is 30.4 Å². The van der Waals surface area contributed by atoms with Crippen molar-refractivity contribution in [1.29, 1.82) is 0 Å². The number of rotatable bonds is 5. The normalized spacial score (nSPS) is 16.6. The van der Waals surface area contributed by atoms with Gasteiger partial charge in [-0.3, -0.25) is 4.79 Å². The maximum absolute atomic E-state index is 12.0. The molecule has 3 heteroatoms. The monoisotopic (exact) mass is 233 g/mol. The zero-order valence-corrected chi connectivity index (χ0v) is 10.2. The van der Waals surface area contributed by atoms with Gasteiger partial charge in [0.1, 0.15) is 0 Å². The fourth-order valence-corrected chi connectivity index (χ4v) is 2.12. The Hall–Kier alpha value is -1.35. The van der Waals surface area contributed by atoms with Crippen molar-refractivity contribution < 1.29 is 9.90 Å². The predicted octanol–water partition coefficient (Wildman–Crippen LogP) is 1.89. The predicted molar refractivity (Wildman–Crippen MR) is 66.9 cm³/mol. The molecule has 1 aromatic rings. The van der Waals surface area contributed by atoms with Gasteiger partial charge in [-0.25, -0.2) is 0 Å². The zero-order valence-electron chi connectivity index (χ0n) is 10.2. The van der Waals surface area contributed by atoms with E-state index in [0.29, 0.717) is 6.54 Å². The van der Waals surface area contributed by atoms with E-state index in [1.807, 2.05) is 31.2 Å². The molecule has 1 aliphatic carbocycles. The molecule has 0 unspecified atom stereocenters. The number of benzene rings is 1. The summed E-state index contributed by atoms with van der Waals surface area (Å²) in [6, 6.07) is 7.59. The molecule has 0 aliphatic heterocycles. The highest BCUT2D eigenvalue weighted by Gasteiger charge is 2.41. The Bertz CT molecular complexity index is 410. The van der Waals surface area contributed by atoms with Gasteiger partial charge in [-0.15, -0.1) is 0 Å². The summed E-state index contributed by atoms with van der Waals surface area (Å²) in [7, 11) is 0. The number of carbonyl (C=O) groups is 1. The number of hydrogen-bond acceptors (Lipinski definition) is 2. The van der Waals surface area contributed by atoms with Crippen molar-refractivity contribution in [3.63, 3.8) is 0 Å². The van der Waals surface area contributed by atoms with E-state index in [9.17, 15) is 4.79 Å². The van der Waals surface area contributed by atoms with Gasteiger partial charge in [-0.1, -0.05) is 18.2 Å². The van der Waals surface area contributed by atoms with Crippen LogP contribution in [0.2, 0.25) is 0 Å². The fourth-order valence-electron chi connectivity index (χ4n) is 2.12. The number of aryl methyl sites for hydroxylation is 1. The summed E-state index contributed by atoms with van der Waals surface area (Å²) < 4.78 is 0. The molecule has 2 rings (SSSR count). The van der Waals surface area contributed by atoms with Crippen molar-refractivity contribution >= 4 is 5.91 Å². The molecule has 0 bridgehead atoms. The van der Waals surface area contributed by atoms with Gasteiger partial charge in [0.05, 0.1) is 0 Å². The lowest BCUT2D eigenvalue weighted by Crippen LogP contribution is -2.31. The molecule has 0 saturated heterocycles. The minimum Gasteiger partial charge on any atom is -0.396 e. The molecule has 92 valence electrons. The lowest BCUT2D eigenvalue weighted by molar-refractivity contribution is 0.0940. The smallest absolute Gasteiger partial charge is 0.251 e. The summed E-state index contributed by atoms with van der Waals surface area (Å²) in [5.41, 5.74) is 1.91. The van der Waals surface area contributed by atoms with Crippen LogP contribution in [0.1, 0.15) is 35.2 Å². The van der Waals surface area contributed by atoms with Gasteiger partial charge < -0.3 is 10.4 Å². The van der Waals surface area contributed by atoms with Gasteiger partial charge in [-0.2, -0.15) is 0 Å². The molecular weight excluding hydrogens is 214 g/mol. The molecule has 0 heterocycles. The molecule has 2 N–H and O–H groups in total. The first-order valence-corrected chi connectivity index (χ1v) is 6.12. The minimum atomic E-state index is -0.00712. The van der Waals surface area contributed by atoms with E-state index in [-0.39, 0.29) is 17.9 Å². The van der Waals surface area contributed by atoms with Crippen LogP contribution < -0.4 is 5.32 Å². The molecule has 1 amide bonds. The van der Waals surface area contributed by atoms with Gasteiger partial charge in [0.25, 0.3) is 5.91 Å². The number of aliphatic hydroxyl groups is 1. The fraction of sp³-hybridized carbons (Fsp3) is 0.500. The summed E-state index contributed by atoms with van der Waals surface area (Å²) in [5.74, 6) is -0.00712. The molecule has 0 radical (unpaired) electrons. The Morgan fingerprint density at radius 2 is 2.12 bits per heavy atom. The van der Waals surface area contributed by atoms with Gasteiger partial charge in [0, 0.05) is 18.7 Å². The molecule has 1 aromatic carbocycles. The lowest BCUT2D eigenvalue weighted by atomic mass is 10.0. The standard InChI is InChI=1S/C14H19NO2/c1-11-4-2-3-5-12(11)13(17)15-10-14(6-7-14)8-9-16/h2-5,16H,6-10H2,1H3,(H,15,17). The van der Waals surface area contributed by atoms with Crippen LogP contribution in [0.3, 0.4) is 0 Å². The van der Waals surface area contributed by atoms with Crippen molar-refractivity contribution in [2.24, 2.45) is 5.41 Å². The van der Waals surface area contributed by atoms with E-state index in [2.05, 4.69) is 5.32 Å². The topological polar surface area (TPSA) is 49.3 Å². The van der Waals surface area contributed by atoms with E-state index in [1.165, 1.54) is 0 Å². The maximum atomic E-state index is 12.0. The maximum Gasteiger partial charge on any atom is 0.251 e. The second kappa shape index (κ2) is 4.88. The summed E-state index contributed by atoms with van der Waals surface area (Å²) in [4.78, 5) is 12.0. The number of aliphatic hydroxyl groups excluding tert-OH is 1. The second-order valence-corrected chi connectivity index (χ2v) is 4.97. The molecule has 17 heavy (non-hydrogen) atoms. The van der Waals surface area contributed by atoms with Gasteiger partial charge in [-0.05, 0) is 43.2 Å². The van der Waals surface area contributed by atoms with E-state index in [1.54, 1.807) is 0 Å². The van der Waals surface area contributed by atoms with Crippen LogP contribution in [0.15, 0.2) is 24.3 Å². The first-order chi connectivity index (χ1) is 8.17. The van der Waals surface area contributed by atoms with Crippen LogP contribution in [0, 0.1) is 12.3 Å². The second-order valence-electron chi connectivity index (χ2n) is 4.97. The molecule has 0 aromatic heterocycles. The van der Waals surface area contributed by atoms with Crippen molar-refractivity contribution in [3.8, 4) is 0 Å². The van der Waals surface area contributed by atoms with Crippen LogP contribution in [-0.4, -0.2) is 24.2 Å². The van der Waals surface area contributed by atoms with Crippen molar-refractivity contribution in [2.75, 3.05) is 13.2 Å². The van der Waals surface area contributed by atoms with Gasteiger partial charge in [0.2, 0.25) is 0 Å². The third kappa shape index (κ3) is 2.86. The SMILES string of the molecule is Cc1ccccc1C(=O)NCC1(CCO)CC1. The van der Waals surface area contributed by atoms with Gasteiger partial charge in [0.15, 0.2) is 0 Å². The molecule has 1 aliphatic rings. The number of amides is 1.